The Morgan fingerprint density at radius 1 is 1.08 bits per heavy atom. The van der Waals surface area contributed by atoms with Gasteiger partial charge in [-0.3, -0.25) is 9.59 Å². The minimum atomic E-state index is -0.571. The lowest BCUT2D eigenvalue weighted by Crippen LogP contribution is -2.49. The number of hydrogen-bond donors (Lipinski definition) is 3. The van der Waals surface area contributed by atoms with Crippen molar-refractivity contribution in [2.24, 2.45) is 5.92 Å². The molecule has 25 heavy (non-hydrogen) atoms. The molecular weight excluding hydrogens is 314 g/mol. The summed E-state index contributed by atoms with van der Waals surface area (Å²) in [4.78, 5) is 27.4. The number of carbonyl (C=O) groups is 2. The van der Waals surface area contributed by atoms with Crippen LogP contribution in [0.5, 0.6) is 0 Å². The predicted octanol–water partition coefficient (Wildman–Crippen LogP) is 3.16. The number of H-pyrrole nitrogens is 1. The van der Waals surface area contributed by atoms with Crippen molar-refractivity contribution in [2.45, 2.75) is 59.0 Å². The Labute approximate surface area is 149 Å². The smallest absolute Gasteiger partial charge is 0.243 e. The number of carbonyl (C=O) groups excluding carboxylic acids is 2. The van der Waals surface area contributed by atoms with Gasteiger partial charge >= 0.3 is 0 Å². The van der Waals surface area contributed by atoms with Gasteiger partial charge in [-0.15, -0.1) is 0 Å². The molecule has 0 radical (unpaired) electrons. The maximum Gasteiger partial charge on any atom is 0.243 e. The van der Waals surface area contributed by atoms with Gasteiger partial charge in [-0.2, -0.15) is 0 Å². The van der Waals surface area contributed by atoms with Gasteiger partial charge in [-0.05, 0) is 37.3 Å². The van der Waals surface area contributed by atoms with Crippen LogP contribution in [0.2, 0.25) is 0 Å². The Morgan fingerprint density at radius 2 is 1.80 bits per heavy atom. The lowest BCUT2D eigenvalue weighted by Gasteiger charge is -2.21. The molecule has 2 rings (SSSR count). The Balaban J connectivity index is 2.07. The van der Waals surface area contributed by atoms with Crippen LogP contribution >= 0.6 is 0 Å². The monoisotopic (exact) mass is 343 g/mol. The van der Waals surface area contributed by atoms with Crippen LogP contribution < -0.4 is 10.6 Å². The summed E-state index contributed by atoms with van der Waals surface area (Å²) in [5.41, 5.74) is 2.06. The van der Waals surface area contributed by atoms with Crippen molar-refractivity contribution >= 4 is 22.7 Å². The molecule has 1 aromatic heterocycles. The van der Waals surface area contributed by atoms with Crippen LogP contribution in [0.3, 0.4) is 0 Å². The third-order valence-corrected chi connectivity index (χ3v) is 4.36. The Morgan fingerprint density at radius 3 is 2.48 bits per heavy atom. The Bertz CT molecular complexity index is 721. The van der Waals surface area contributed by atoms with Gasteiger partial charge < -0.3 is 15.6 Å². The van der Waals surface area contributed by atoms with Crippen molar-refractivity contribution in [1.82, 2.24) is 15.6 Å². The van der Waals surface area contributed by atoms with E-state index < -0.39 is 6.04 Å². The summed E-state index contributed by atoms with van der Waals surface area (Å²) in [5, 5.41) is 6.91. The first-order valence-electron chi connectivity index (χ1n) is 8.99. The summed E-state index contributed by atoms with van der Waals surface area (Å²) in [6.45, 7) is 7.80. The first-order valence-corrected chi connectivity index (χ1v) is 8.99. The highest BCUT2D eigenvalue weighted by Gasteiger charge is 2.22. The Kier molecular flexibility index (Phi) is 6.62. The fraction of sp³-hybridized carbons (Fsp3) is 0.500. The number of amides is 2. The fourth-order valence-electron chi connectivity index (χ4n) is 2.97. The molecule has 0 saturated carbocycles. The second-order valence-corrected chi connectivity index (χ2v) is 7.20. The molecule has 2 amide bonds. The Hall–Kier alpha value is -2.30. The van der Waals surface area contributed by atoms with Crippen molar-refractivity contribution in [1.29, 1.82) is 0 Å². The summed E-state index contributed by atoms with van der Waals surface area (Å²) < 4.78 is 0. The van der Waals surface area contributed by atoms with Crippen LogP contribution in [0.1, 0.15) is 46.1 Å². The van der Waals surface area contributed by atoms with E-state index in [1.807, 2.05) is 37.4 Å². The van der Waals surface area contributed by atoms with Gasteiger partial charge in [0.15, 0.2) is 0 Å². The number of fused-ring (bicyclic) bond motifs is 1. The topological polar surface area (TPSA) is 74.0 Å². The van der Waals surface area contributed by atoms with E-state index in [1.54, 1.807) is 0 Å². The molecule has 0 fully saturated rings. The molecule has 0 aliphatic carbocycles. The molecule has 5 nitrogen and oxygen atoms in total. The largest absolute Gasteiger partial charge is 0.361 e. The van der Waals surface area contributed by atoms with E-state index in [0.717, 1.165) is 29.3 Å². The van der Waals surface area contributed by atoms with E-state index in [2.05, 4.69) is 29.5 Å². The van der Waals surface area contributed by atoms with Gasteiger partial charge in [0.1, 0.15) is 6.04 Å². The molecule has 0 spiro atoms. The predicted molar refractivity (Wildman–Crippen MR) is 101 cm³/mol. The number of aromatic amines is 1. The van der Waals surface area contributed by atoms with Crippen molar-refractivity contribution in [3.05, 3.63) is 36.0 Å². The highest BCUT2D eigenvalue weighted by molar-refractivity contribution is 5.89. The third-order valence-electron chi connectivity index (χ3n) is 4.36. The summed E-state index contributed by atoms with van der Waals surface area (Å²) in [7, 11) is 0. The van der Waals surface area contributed by atoms with E-state index in [0.29, 0.717) is 12.3 Å². The molecule has 2 unspecified atom stereocenters. The van der Waals surface area contributed by atoms with Crippen LogP contribution in [0.4, 0.5) is 0 Å². The molecule has 3 N–H and O–H groups in total. The van der Waals surface area contributed by atoms with Gasteiger partial charge in [0, 0.05) is 36.5 Å². The summed E-state index contributed by atoms with van der Waals surface area (Å²) >= 11 is 0. The molecule has 1 aromatic carbocycles. The van der Waals surface area contributed by atoms with Crippen molar-refractivity contribution < 1.29 is 9.59 Å². The van der Waals surface area contributed by atoms with Gasteiger partial charge in [0.2, 0.25) is 11.8 Å². The zero-order valence-electron chi connectivity index (χ0n) is 15.6. The summed E-state index contributed by atoms with van der Waals surface area (Å²) in [5.74, 6) is 0.281. The van der Waals surface area contributed by atoms with Crippen LogP contribution in [0, 0.1) is 5.92 Å². The zero-order chi connectivity index (χ0) is 18.4. The van der Waals surface area contributed by atoms with Crippen LogP contribution in [-0.4, -0.2) is 28.9 Å². The number of aromatic nitrogens is 1. The van der Waals surface area contributed by atoms with Crippen molar-refractivity contribution in [2.75, 3.05) is 0 Å². The normalized spacial score (nSPS) is 13.6. The third kappa shape index (κ3) is 5.62. The highest BCUT2D eigenvalue weighted by atomic mass is 16.2. The summed E-state index contributed by atoms with van der Waals surface area (Å²) in [6.07, 6.45) is 4.37. The molecule has 0 aliphatic rings. The second-order valence-electron chi connectivity index (χ2n) is 7.20. The fourth-order valence-corrected chi connectivity index (χ4v) is 2.97. The molecule has 5 heteroatoms. The first-order chi connectivity index (χ1) is 11.9. The minimum Gasteiger partial charge on any atom is -0.361 e. The van der Waals surface area contributed by atoms with E-state index in [9.17, 15) is 9.59 Å². The number of para-hydroxylation sites is 1. The maximum atomic E-state index is 12.7. The maximum absolute atomic E-state index is 12.7. The van der Waals surface area contributed by atoms with Crippen LogP contribution in [0.25, 0.3) is 10.9 Å². The quantitative estimate of drug-likeness (QED) is 0.689. The van der Waals surface area contributed by atoms with Crippen molar-refractivity contribution in [3.8, 4) is 0 Å². The van der Waals surface area contributed by atoms with Gasteiger partial charge in [0.05, 0.1) is 0 Å². The number of hydrogen-bond acceptors (Lipinski definition) is 2. The molecule has 0 aliphatic heterocycles. The standard InChI is InChI=1S/C20H29N3O2/c1-13(2)9-10-14(3)22-20(25)19(23-15(4)24)11-16-12-21-18-8-6-5-7-17(16)18/h5-8,12-14,19,21H,9-11H2,1-4H3,(H,22,25)(H,23,24). The average molecular weight is 343 g/mol. The molecule has 0 saturated heterocycles. The molecule has 2 aromatic rings. The highest BCUT2D eigenvalue weighted by Crippen LogP contribution is 2.19. The molecular formula is C20H29N3O2. The average Bonchev–Trinajstić information content (AvgIpc) is 2.95. The lowest BCUT2D eigenvalue weighted by atomic mass is 10.0. The van der Waals surface area contributed by atoms with Crippen LogP contribution in [-0.2, 0) is 16.0 Å². The first kappa shape index (κ1) is 19.0. The van der Waals surface area contributed by atoms with Crippen LogP contribution in [0.15, 0.2) is 30.5 Å². The van der Waals surface area contributed by atoms with Gasteiger partial charge in [-0.1, -0.05) is 32.0 Å². The SMILES string of the molecule is CC(=O)NC(Cc1c[nH]c2ccccc12)C(=O)NC(C)CCC(C)C. The van der Waals surface area contributed by atoms with E-state index in [-0.39, 0.29) is 17.9 Å². The summed E-state index contributed by atoms with van der Waals surface area (Å²) in [6, 6.07) is 7.49. The number of nitrogens with one attached hydrogen (secondary N) is 3. The molecule has 136 valence electrons. The van der Waals surface area contributed by atoms with Gasteiger partial charge in [0.25, 0.3) is 0 Å². The lowest BCUT2D eigenvalue weighted by molar-refractivity contribution is -0.128. The molecule has 0 bridgehead atoms. The van der Waals surface area contributed by atoms with Crippen molar-refractivity contribution in [3.63, 3.8) is 0 Å². The van der Waals surface area contributed by atoms with E-state index in [1.165, 1.54) is 6.92 Å². The van der Waals surface area contributed by atoms with E-state index in [4.69, 9.17) is 0 Å². The molecule has 1 heterocycles. The van der Waals surface area contributed by atoms with E-state index >= 15 is 0 Å². The molecule has 2 atom stereocenters. The van der Waals surface area contributed by atoms with Gasteiger partial charge in [-0.25, -0.2) is 0 Å². The number of rotatable bonds is 8. The number of benzene rings is 1. The zero-order valence-corrected chi connectivity index (χ0v) is 15.6. The second kappa shape index (κ2) is 8.70. The minimum absolute atomic E-state index is 0.0918.